The fourth-order valence-electron chi connectivity index (χ4n) is 4.20. The van der Waals surface area contributed by atoms with Crippen LogP contribution in [-0.2, 0) is 13.1 Å². The summed E-state index contributed by atoms with van der Waals surface area (Å²) in [4.78, 5) is 20.7. The Morgan fingerprint density at radius 1 is 1.00 bits per heavy atom. The molecule has 7 heteroatoms. The van der Waals surface area contributed by atoms with Crippen molar-refractivity contribution in [3.05, 3.63) is 88.3 Å². The van der Waals surface area contributed by atoms with Crippen LogP contribution in [0.5, 0.6) is 11.5 Å². The number of para-hydroxylation sites is 1. The molecule has 3 heterocycles. The SMILES string of the molecule is NCc1ccc(Cn2cc(-c3nc4cc5c(cc4[nH]c3=O)OCO5)c3ccccc32)cc1. The molecule has 0 saturated heterocycles. The number of rotatable bonds is 4. The maximum absolute atomic E-state index is 13.0. The Labute approximate surface area is 183 Å². The lowest BCUT2D eigenvalue weighted by Crippen LogP contribution is -2.11. The summed E-state index contributed by atoms with van der Waals surface area (Å²) in [6, 6.07) is 19.9. The van der Waals surface area contributed by atoms with E-state index >= 15 is 0 Å². The first-order chi connectivity index (χ1) is 15.7. The molecular weight excluding hydrogens is 404 g/mol. The Hall–Kier alpha value is -4.10. The summed E-state index contributed by atoms with van der Waals surface area (Å²) < 4.78 is 13.0. The predicted octanol–water partition coefficient (Wildman–Crippen LogP) is 3.78. The van der Waals surface area contributed by atoms with E-state index < -0.39 is 0 Å². The van der Waals surface area contributed by atoms with E-state index in [1.54, 1.807) is 12.1 Å². The molecule has 0 radical (unpaired) electrons. The third-order valence-electron chi connectivity index (χ3n) is 5.84. The molecule has 0 fully saturated rings. The summed E-state index contributed by atoms with van der Waals surface area (Å²) in [5, 5.41) is 0.976. The van der Waals surface area contributed by atoms with Crippen molar-refractivity contribution in [2.24, 2.45) is 5.73 Å². The highest BCUT2D eigenvalue weighted by Gasteiger charge is 2.19. The first-order valence-electron chi connectivity index (χ1n) is 10.4. The summed E-state index contributed by atoms with van der Waals surface area (Å²) in [5.74, 6) is 1.24. The van der Waals surface area contributed by atoms with Gasteiger partial charge in [0.1, 0.15) is 5.69 Å². The lowest BCUT2D eigenvalue weighted by atomic mass is 10.1. The Balaban J connectivity index is 1.49. The van der Waals surface area contributed by atoms with Crippen molar-refractivity contribution in [3.63, 3.8) is 0 Å². The minimum atomic E-state index is -0.244. The zero-order valence-electron chi connectivity index (χ0n) is 17.2. The third kappa shape index (κ3) is 3.02. The molecule has 0 saturated carbocycles. The lowest BCUT2D eigenvalue weighted by molar-refractivity contribution is 0.174. The predicted molar refractivity (Wildman–Crippen MR) is 123 cm³/mol. The number of H-pyrrole nitrogens is 1. The molecule has 6 rings (SSSR count). The van der Waals surface area contributed by atoms with Gasteiger partial charge in [-0.05, 0) is 17.2 Å². The van der Waals surface area contributed by atoms with Crippen molar-refractivity contribution in [1.82, 2.24) is 14.5 Å². The van der Waals surface area contributed by atoms with Gasteiger partial charge < -0.3 is 24.8 Å². The van der Waals surface area contributed by atoms with Gasteiger partial charge in [0.05, 0.1) is 11.0 Å². The van der Waals surface area contributed by atoms with Crippen LogP contribution in [0.1, 0.15) is 11.1 Å². The Kier molecular flexibility index (Phi) is 4.22. The van der Waals surface area contributed by atoms with Gasteiger partial charge in [-0.3, -0.25) is 4.79 Å². The van der Waals surface area contributed by atoms with E-state index in [1.165, 1.54) is 0 Å². The van der Waals surface area contributed by atoms with E-state index in [-0.39, 0.29) is 12.4 Å². The molecule has 1 aliphatic heterocycles. The molecule has 0 atom stereocenters. The zero-order chi connectivity index (χ0) is 21.7. The number of ether oxygens (including phenoxy) is 2. The van der Waals surface area contributed by atoms with E-state index in [0.29, 0.717) is 41.3 Å². The van der Waals surface area contributed by atoms with E-state index in [4.69, 9.17) is 20.2 Å². The summed E-state index contributed by atoms with van der Waals surface area (Å²) >= 11 is 0. The average Bonchev–Trinajstić information content (AvgIpc) is 3.42. The van der Waals surface area contributed by atoms with Crippen molar-refractivity contribution in [1.29, 1.82) is 0 Å². The number of hydrogen-bond acceptors (Lipinski definition) is 5. The molecule has 3 N–H and O–H groups in total. The first kappa shape index (κ1) is 18.7. The van der Waals surface area contributed by atoms with Crippen molar-refractivity contribution in [3.8, 4) is 22.8 Å². The molecule has 0 spiro atoms. The Bertz CT molecular complexity index is 1530. The molecule has 0 bridgehead atoms. The topological polar surface area (TPSA) is 95.2 Å². The Morgan fingerprint density at radius 2 is 1.75 bits per heavy atom. The van der Waals surface area contributed by atoms with Crippen molar-refractivity contribution < 1.29 is 9.47 Å². The number of benzene rings is 3. The van der Waals surface area contributed by atoms with Gasteiger partial charge in [-0.2, -0.15) is 0 Å². The van der Waals surface area contributed by atoms with E-state index in [2.05, 4.69) is 27.8 Å². The van der Waals surface area contributed by atoms with Crippen LogP contribution in [0, 0.1) is 0 Å². The maximum atomic E-state index is 13.0. The van der Waals surface area contributed by atoms with Crippen LogP contribution in [0.4, 0.5) is 0 Å². The molecule has 158 valence electrons. The molecule has 1 aliphatic rings. The highest BCUT2D eigenvalue weighted by molar-refractivity contribution is 5.96. The van der Waals surface area contributed by atoms with Gasteiger partial charge in [0.15, 0.2) is 11.5 Å². The second kappa shape index (κ2) is 7.25. The van der Waals surface area contributed by atoms with Crippen molar-refractivity contribution in [2.75, 3.05) is 6.79 Å². The number of nitrogens with zero attached hydrogens (tertiary/aromatic N) is 2. The van der Waals surface area contributed by atoms with Crippen molar-refractivity contribution in [2.45, 2.75) is 13.1 Å². The average molecular weight is 424 g/mol. The second-order valence-corrected chi connectivity index (χ2v) is 7.85. The van der Waals surface area contributed by atoms with Gasteiger partial charge in [-0.25, -0.2) is 4.98 Å². The second-order valence-electron chi connectivity index (χ2n) is 7.85. The zero-order valence-corrected chi connectivity index (χ0v) is 17.2. The van der Waals surface area contributed by atoms with Gasteiger partial charge >= 0.3 is 0 Å². The maximum Gasteiger partial charge on any atom is 0.275 e. The lowest BCUT2D eigenvalue weighted by Gasteiger charge is -2.06. The molecular formula is C25H20N4O3. The normalized spacial score (nSPS) is 12.7. The summed E-state index contributed by atoms with van der Waals surface area (Å²) in [6.45, 7) is 1.37. The fraction of sp³-hybridized carbons (Fsp3) is 0.120. The van der Waals surface area contributed by atoms with E-state index in [1.807, 2.05) is 36.5 Å². The van der Waals surface area contributed by atoms with Gasteiger partial charge in [-0.15, -0.1) is 0 Å². The van der Waals surface area contributed by atoms with Crippen LogP contribution >= 0.6 is 0 Å². The number of aromatic amines is 1. The molecule has 0 aliphatic carbocycles. The van der Waals surface area contributed by atoms with Gasteiger partial charge in [0.25, 0.3) is 5.56 Å². The highest BCUT2D eigenvalue weighted by atomic mass is 16.7. The molecule has 0 amide bonds. The molecule has 2 aromatic heterocycles. The van der Waals surface area contributed by atoms with Crippen LogP contribution in [0.25, 0.3) is 33.2 Å². The van der Waals surface area contributed by atoms with Crippen LogP contribution in [0.3, 0.4) is 0 Å². The van der Waals surface area contributed by atoms with Gasteiger partial charge in [0, 0.05) is 47.9 Å². The quantitative estimate of drug-likeness (QED) is 0.458. The number of nitrogens with one attached hydrogen (secondary N) is 1. The summed E-state index contributed by atoms with van der Waals surface area (Å²) in [5.41, 5.74) is 11.2. The monoisotopic (exact) mass is 424 g/mol. The van der Waals surface area contributed by atoms with Crippen LogP contribution < -0.4 is 20.8 Å². The molecule has 32 heavy (non-hydrogen) atoms. The summed E-state index contributed by atoms with van der Waals surface area (Å²) in [7, 11) is 0. The van der Waals surface area contributed by atoms with Crippen LogP contribution in [0.2, 0.25) is 0 Å². The summed E-state index contributed by atoms with van der Waals surface area (Å²) in [6.07, 6.45) is 2.00. The third-order valence-corrected chi connectivity index (χ3v) is 5.84. The minimum absolute atomic E-state index is 0.169. The van der Waals surface area contributed by atoms with Crippen LogP contribution in [0.15, 0.2) is 71.7 Å². The minimum Gasteiger partial charge on any atom is -0.454 e. The number of hydrogen-bond donors (Lipinski definition) is 2. The van der Waals surface area contributed by atoms with E-state index in [0.717, 1.165) is 27.6 Å². The smallest absolute Gasteiger partial charge is 0.275 e. The highest BCUT2D eigenvalue weighted by Crippen LogP contribution is 2.35. The van der Waals surface area contributed by atoms with E-state index in [9.17, 15) is 4.79 Å². The molecule has 0 unspecified atom stereocenters. The van der Waals surface area contributed by atoms with Gasteiger partial charge in [-0.1, -0.05) is 42.5 Å². The van der Waals surface area contributed by atoms with Crippen LogP contribution in [-0.4, -0.2) is 21.3 Å². The number of fused-ring (bicyclic) bond motifs is 3. The largest absolute Gasteiger partial charge is 0.454 e. The standard InChI is InChI=1S/C25H20N4O3/c26-11-15-5-7-16(8-6-15)12-29-13-18(17-3-1-2-4-21(17)29)24-25(30)28-20-10-23-22(31-14-32-23)9-19(20)27-24/h1-10,13H,11-12,14,26H2,(H,28,30). The molecule has 3 aromatic carbocycles. The first-order valence-corrected chi connectivity index (χ1v) is 10.4. The number of aromatic nitrogens is 3. The molecule has 5 aromatic rings. The van der Waals surface area contributed by atoms with Crippen molar-refractivity contribution >= 4 is 21.9 Å². The molecule has 7 nitrogen and oxygen atoms in total. The fourth-order valence-corrected chi connectivity index (χ4v) is 4.20. The Morgan fingerprint density at radius 3 is 2.56 bits per heavy atom. The number of nitrogens with two attached hydrogens (primary N) is 1. The van der Waals surface area contributed by atoms with Gasteiger partial charge in [0.2, 0.25) is 6.79 Å².